The van der Waals surface area contributed by atoms with E-state index in [0.717, 1.165) is 77.2 Å². The van der Waals surface area contributed by atoms with Crippen molar-refractivity contribution in [3.63, 3.8) is 0 Å². The second-order valence-electron chi connectivity index (χ2n) is 13.8. The van der Waals surface area contributed by atoms with Gasteiger partial charge in [-0.25, -0.2) is 19.9 Å². The van der Waals surface area contributed by atoms with Gasteiger partial charge in [0.15, 0.2) is 11.6 Å². The third-order valence-corrected chi connectivity index (χ3v) is 11.6. The van der Waals surface area contributed by atoms with Gasteiger partial charge in [-0.15, -0.1) is 11.3 Å². The summed E-state index contributed by atoms with van der Waals surface area (Å²) in [5.41, 5.74) is 11.7. The standard InChI is InChI=1S/C50H31N5S/c1-4-16-32(17-5-1)40-31-41(52-49(51-40)34-20-8-3-9-21-34)39-30-35(28-29-44(39)55-42-25-13-10-22-36(42)37-23-11-14-26-43(37)55)50-53-46(33-18-6-2-7-19-33)48-47(54-50)38-24-12-15-27-45(38)56-48/h1-31H. The lowest BCUT2D eigenvalue weighted by atomic mass is 10.0. The van der Waals surface area contributed by atoms with Gasteiger partial charge in [0.1, 0.15) is 0 Å². The Morgan fingerprint density at radius 2 is 0.946 bits per heavy atom. The van der Waals surface area contributed by atoms with Gasteiger partial charge in [-0.1, -0.05) is 146 Å². The average Bonchev–Trinajstić information content (AvgIpc) is 3.82. The first-order valence-corrected chi connectivity index (χ1v) is 19.5. The summed E-state index contributed by atoms with van der Waals surface area (Å²) >= 11 is 1.74. The van der Waals surface area contributed by atoms with Crippen LogP contribution < -0.4 is 0 Å². The van der Waals surface area contributed by atoms with E-state index in [-0.39, 0.29) is 0 Å². The van der Waals surface area contributed by atoms with Crippen LogP contribution >= 0.6 is 11.3 Å². The first-order valence-electron chi connectivity index (χ1n) is 18.6. The first kappa shape index (κ1) is 32.2. The molecule has 0 aliphatic carbocycles. The molecule has 0 radical (unpaired) electrons. The molecule has 0 spiro atoms. The zero-order valence-corrected chi connectivity index (χ0v) is 30.9. The van der Waals surface area contributed by atoms with Gasteiger partial charge in [-0.3, -0.25) is 0 Å². The third-order valence-electron chi connectivity index (χ3n) is 10.4. The lowest BCUT2D eigenvalue weighted by Crippen LogP contribution is -2.02. The molecule has 0 N–H and O–H groups in total. The molecule has 0 aliphatic rings. The SMILES string of the molecule is c1ccc(-c2cc(-c3cc(-c4nc(-c5ccccc5)c5sc6ccccc6c5n4)ccc3-n3c4ccccc4c4ccccc43)nc(-c3ccccc3)n2)cc1. The van der Waals surface area contributed by atoms with Crippen molar-refractivity contribution in [3.05, 3.63) is 188 Å². The molecule has 0 amide bonds. The molecule has 7 aromatic carbocycles. The fourth-order valence-electron chi connectivity index (χ4n) is 7.83. The van der Waals surface area contributed by atoms with Crippen LogP contribution in [0.3, 0.4) is 0 Å². The molecule has 0 saturated heterocycles. The molecule has 11 rings (SSSR count). The second kappa shape index (κ2) is 13.2. The molecular formula is C50H31N5S. The van der Waals surface area contributed by atoms with Crippen LogP contribution in [0.2, 0.25) is 0 Å². The highest BCUT2D eigenvalue weighted by Gasteiger charge is 2.21. The van der Waals surface area contributed by atoms with E-state index >= 15 is 0 Å². The van der Waals surface area contributed by atoms with Crippen LogP contribution in [-0.4, -0.2) is 24.5 Å². The van der Waals surface area contributed by atoms with Crippen LogP contribution in [0.5, 0.6) is 0 Å². The lowest BCUT2D eigenvalue weighted by Gasteiger charge is -2.17. The van der Waals surface area contributed by atoms with Crippen molar-refractivity contribution in [3.8, 4) is 62.2 Å². The quantitative estimate of drug-likeness (QED) is 0.171. The van der Waals surface area contributed by atoms with Gasteiger partial charge < -0.3 is 4.57 Å². The fourth-order valence-corrected chi connectivity index (χ4v) is 8.98. The van der Waals surface area contributed by atoms with E-state index in [1.807, 2.05) is 30.3 Å². The topological polar surface area (TPSA) is 56.5 Å². The molecule has 4 heterocycles. The summed E-state index contributed by atoms with van der Waals surface area (Å²) in [4.78, 5) is 21.2. The number of fused-ring (bicyclic) bond motifs is 6. The second-order valence-corrected chi connectivity index (χ2v) is 14.9. The predicted octanol–water partition coefficient (Wildman–Crippen LogP) is 13.1. The largest absolute Gasteiger partial charge is 0.309 e. The smallest absolute Gasteiger partial charge is 0.160 e. The Balaban J connectivity index is 1.22. The van der Waals surface area contributed by atoms with E-state index in [2.05, 4.69) is 162 Å². The van der Waals surface area contributed by atoms with Crippen molar-refractivity contribution in [1.82, 2.24) is 24.5 Å². The number of thiophene rings is 1. The summed E-state index contributed by atoms with van der Waals surface area (Å²) in [5, 5.41) is 3.52. The molecule has 0 saturated carbocycles. The molecule has 5 nitrogen and oxygen atoms in total. The van der Waals surface area contributed by atoms with Crippen molar-refractivity contribution in [2.75, 3.05) is 0 Å². The zero-order valence-electron chi connectivity index (χ0n) is 30.0. The number of nitrogens with zero attached hydrogens (tertiary/aromatic N) is 5. The molecule has 0 unspecified atom stereocenters. The number of rotatable bonds is 6. The Hall–Kier alpha value is -7.28. The first-order chi connectivity index (χ1) is 27.8. The van der Waals surface area contributed by atoms with Crippen molar-refractivity contribution in [1.29, 1.82) is 0 Å². The monoisotopic (exact) mass is 733 g/mol. The van der Waals surface area contributed by atoms with Crippen LogP contribution in [-0.2, 0) is 0 Å². The third kappa shape index (κ3) is 5.38. The number of hydrogen-bond acceptors (Lipinski definition) is 5. The molecule has 4 aromatic heterocycles. The van der Waals surface area contributed by atoms with Gasteiger partial charge in [0, 0.05) is 48.7 Å². The van der Waals surface area contributed by atoms with Gasteiger partial charge in [0.2, 0.25) is 0 Å². The molecule has 0 atom stereocenters. The molecule has 56 heavy (non-hydrogen) atoms. The van der Waals surface area contributed by atoms with Crippen LogP contribution in [0.1, 0.15) is 0 Å². The number of aromatic nitrogens is 5. The Labute approximate surface area is 326 Å². The van der Waals surface area contributed by atoms with Crippen LogP contribution in [0.15, 0.2) is 188 Å². The normalized spacial score (nSPS) is 11.6. The minimum absolute atomic E-state index is 0.661. The Bertz CT molecular complexity index is 3130. The van der Waals surface area contributed by atoms with Gasteiger partial charge in [0.05, 0.1) is 44.0 Å². The fraction of sp³-hybridized carbons (Fsp3) is 0. The highest BCUT2D eigenvalue weighted by molar-refractivity contribution is 7.26. The van der Waals surface area contributed by atoms with E-state index in [9.17, 15) is 0 Å². The summed E-state index contributed by atoms with van der Waals surface area (Å²) < 4.78 is 4.64. The van der Waals surface area contributed by atoms with Gasteiger partial charge in [0.25, 0.3) is 0 Å². The molecule has 6 heteroatoms. The van der Waals surface area contributed by atoms with E-state index < -0.39 is 0 Å². The van der Waals surface area contributed by atoms with Crippen molar-refractivity contribution in [2.24, 2.45) is 0 Å². The summed E-state index contributed by atoms with van der Waals surface area (Å²) in [7, 11) is 0. The van der Waals surface area contributed by atoms with E-state index in [0.29, 0.717) is 11.6 Å². The molecule has 262 valence electrons. The highest BCUT2D eigenvalue weighted by Crippen LogP contribution is 2.42. The summed E-state index contributed by atoms with van der Waals surface area (Å²) in [6.07, 6.45) is 0. The maximum atomic E-state index is 5.35. The van der Waals surface area contributed by atoms with Gasteiger partial charge >= 0.3 is 0 Å². The average molecular weight is 734 g/mol. The van der Waals surface area contributed by atoms with Crippen molar-refractivity contribution < 1.29 is 0 Å². The molecule has 0 aliphatic heterocycles. The summed E-state index contributed by atoms with van der Waals surface area (Å²) in [6.45, 7) is 0. The summed E-state index contributed by atoms with van der Waals surface area (Å²) in [6, 6.07) is 65.4. The Morgan fingerprint density at radius 3 is 1.64 bits per heavy atom. The summed E-state index contributed by atoms with van der Waals surface area (Å²) in [5.74, 6) is 1.32. The minimum Gasteiger partial charge on any atom is -0.309 e. The van der Waals surface area contributed by atoms with Gasteiger partial charge in [-0.2, -0.15) is 0 Å². The van der Waals surface area contributed by atoms with E-state index in [1.165, 1.54) is 15.5 Å². The lowest BCUT2D eigenvalue weighted by molar-refractivity contribution is 1.15. The Kier molecular flexibility index (Phi) is 7.60. The minimum atomic E-state index is 0.661. The van der Waals surface area contributed by atoms with Crippen LogP contribution in [0.4, 0.5) is 0 Å². The van der Waals surface area contributed by atoms with Crippen LogP contribution in [0.25, 0.3) is 104 Å². The predicted molar refractivity (Wildman–Crippen MR) is 232 cm³/mol. The maximum absolute atomic E-state index is 5.35. The number of hydrogen-bond donors (Lipinski definition) is 0. The zero-order chi connectivity index (χ0) is 37.0. The highest BCUT2D eigenvalue weighted by atomic mass is 32.1. The molecule has 11 aromatic rings. The van der Waals surface area contributed by atoms with Crippen LogP contribution in [0, 0.1) is 0 Å². The van der Waals surface area contributed by atoms with Crippen molar-refractivity contribution >= 4 is 53.4 Å². The molecule has 0 bridgehead atoms. The Morgan fingerprint density at radius 1 is 0.393 bits per heavy atom. The van der Waals surface area contributed by atoms with E-state index in [1.54, 1.807) is 11.3 Å². The molecular weight excluding hydrogens is 703 g/mol. The number of para-hydroxylation sites is 2. The maximum Gasteiger partial charge on any atom is 0.160 e. The van der Waals surface area contributed by atoms with E-state index in [4.69, 9.17) is 19.9 Å². The molecule has 0 fully saturated rings. The van der Waals surface area contributed by atoms with Crippen molar-refractivity contribution in [2.45, 2.75) is 0 Å². The van der Waals surface area contributed by atoms with Gasteiger partial charge in [-0.05, 0) is 42.5 Å². The number of benzene rings is 7.